The van der Waals surface area contributed by atoms with Crippen LogP contribution >= 0.6 is 0 Å². The smallest absolute Gasteiger partial charge is 0.226 e. The van der Waals surface area contributed by atoms with Gasteiger partial charge in [-0.15, -0.1) is 0 Å². The van der Waals surface area contributed by atoms with Gasteiger partial charge in [-0.2, -0.15) is 0 Å². The molecule has 1 aromatic rings. The summed E-state index contributed by atoms with van der Waals surface area (Å²) >= 11 is 0. The number of carbonyl (C=O) groups is 1. The Morgan fingerprint density at radius 1 is 1.50 bits per heavy atom. The molecular weight excluding hydrogens is 206 g/mol. The number of hydrogen-bond acceptors (Lipinski definition) is 3. The Labute approximate surface area is 93.7 Å². The summed E-state index contributed by atoms with van der Waals surface area (Å²) in [6.07, 6.45) is 5.02. The first-order valence-corrected chi connectivity index (χ1v) is 5.70. The zero-order valence-electron chi connectivity index (χ0n) is 9.04. The Kier molecular flexibility index (Phi) is 2.21. The number of aryl methyl sites for hydroxylation is 1. The Bertz CT molecular complexity index is 409. The molecular formula is C11H15N3O2. The summed E-state index contributed by atoms with van der Waals surface area (Å²) in [4.78, 5) is 17.9. The molecule has 0 aliphatic carbocycles. The quantitative estimate of drug-likeness (QED) is 0.705. The Morgan fingerprint density at radius 3 is 3.06 bits per heavy atom. The van der Waals surface area contributed by atoms with E-state index in [1.807, 2.05) is 12.5 Å². The number of fused-ring (bicyclic) bond motifs is 1. The lowest BCUT2D eigenvalue weighted by atomic mass is 9.93. The summed E-state index contributed by atoms with van der Waals surface area (Å²) in [6, 6.07) is 0. The number of likely N-dealkylation sites (tertiary alicyclic amines) is 1. The summed E-state index contributed by atoms with van der Waals surface area (Å²) in [5.74, 6) is 0.273. The molecule has 3 heterocycles. The number of amides is 1. The maximum Gasteiger partial charge on any atom is 0.226 e. The predicted molar refractivity (Wildman–Crippen MR) is 56.6 cm³/mol. The fourth-order valence-corrected chi connectivity index (χ4v) is 2.47. The van der Waals surface area contributed by atoms with E-state index in [1.54, 1.807) is 4.90 Å². The number of aliphatic hydroxyl groups excluding tert-OH is 1. The van der Waals surface area contributed by atoms with E-state index in [2.05, 4.69) is 9.55 Å². The summed E-state index contributed by atoms with van der Waals surface area (Å²) in [7, 11) is 0. The van der Waals surface area contributed by atoms with E-state index in [9.17, 15) is 9.90 Å². The first-order chi connectivity index (χ1) is 7.74. The molecule has 16 heavy (non-hydrogen) atoms. The molecule has 1 atom stereocenters. The van der Waals surface area contributed by atoms with Crippen molar-refractivity contribution in [3.63, 3.8) is 0 Å². The summed E-state index contributed by atoms with van der Waals surface area (Å²) in [5, 5.41) is 9.18. The molecule has 1 aromatic heterocycles. The highest BCUT2D eigenvalue weighted by Gasteiger charge is 2.34. The van der Waals surface area contributed by atoms with Crippen molar-refractivity contribution in [2.75, 3.05) is 13.1 Å². The van der Waals surface area contributed by atoms with Crippen molar-refractivity contribution < 1.29 is 9.90 Å². The molecule has 2 aliphatic heterocycles. The number of rotatable bonds is 1. The van der Waals surface area contributed by atoms with Crippen LogP contribution in [-0.2, 0) is 17.8 Å². The van der Waals surface area contributed by atoms with Crippen molar-refractivity contribution in [3.8, 4) is 0 Å². The van der Waals surface area contributed by atoms with Gasteiger partial charge in [0.25, 0.3) is 0 Å². The van der Waals surface area contributed by atoms with Gasteiger partial charge in [0.2, 0.25) is 5.91 Å². The molecule has 0 radical (unpaired) electrons. The minimum Gasteiger partial charge on any atom is -0.389 e. The average Bonchev–Trinajstić information content (AvgIpc) is 2.70. The van der Waals surface area contributed by atoms with Crippen molar-refractivity contribution in [1.29, 1.82) is 0 Å². The monoisotopic (exact) mass is 221 g/mol. The number of aromatic nitrogens is 2. The van der Waals surface area contributed by atoms with Gasteiger partial charge < -0.3 is 14.6 Å². The Hall–Kier alpha value is -1.36. The van der Waals surface area contributed by atoms with Crippen molar-refractivity contribution in [2.24, 2.45) is 5.92 Å². The molecule has 0 spiro atoms. The van der Waals surface area contributed by atoms with Crippen molar-refractivity contribution in [2.45, 2.75) is 25.5 Å². The van der Waals surface area contributed by atoms with Gasteiger partial charge in [-0.3, -0.25) is 4.79 Å². The van der Waals surface area contributed by atoms with Crippen LogP contribution in [0.3, 0.4) is 0 Å². The van der Waals surface area contributed by atoms with E-state index in [0.29, 0.717) is 13.1 Å². The highest BCUT2D eigenvalue weighted by molar-refractivity contribution is 5.80. The van der Waals surface area contributed by atoms with Crippen LogP contribution in [0.1, 0.15) is 12.1 Å². The van der Waals surface area contributed by atoms with Gasteiger partial charge in [0.1, 0.15) is 0 Å². The maximum atomic E-state index is 12.0. The normalized spacial score (nSPS) is 25.1. The summed E-state index contributed by atoms with van der Waals surface area (Å²) in [6.45, 7) is 1.89. The Balaban J connectivity index is 1.67. The van der Waals surface area contributed by atoms with Gasteiger partial charge in [-0.05, 0) is 6.42 Å². The van der Waals surface area contributed by atoms with Crippen LogP contribution < -0.4 is 0 Å². The molecule has 1 fully saturated rings. The van der Waals surface area contributed by atoms with E-state index in [0.717, 1.165) is 25.1 Å². The minimum absolute atomic E-state index is 0.0803. The largest absolute Gasteiger partial charge is 0.389 e. The van der Waals surface area contributed by atoms with Crippen molar-refractivity contribution in [1.82, 2.24) is 14.5 Å². The first-order valence-electron chi connectivity index (χ1n) is 5.70. The third kappa shape index (κ3) is 1.51. The third-order valence-corrected chi connectivity index (χ3v) is 3.50. The van der Waals surface area contributed by atoms with Crippen LogP contribution in [0.15, 0.2) is 12.5 Å². The molecule has 0 aromatic carbocycles. The van der Waals surface area contributed by atoms with E-state index < -0.39 is 0 Å². The van der Waals surface area contributed by atoms with E-state index >= 15 is 0 Å². The summed E-state index contributed by atoms with van der Waals surface area (Å²) < 4.78 is 2.11. The molecule has 86 valence electrons. The van der Waals surface area contributed by atoms with Crippen LogP contribution in [-0.4, -0.2) is 44.7 Å². The lowest BCUT2D eigenvalue weighted by Gasteiger charge is -2.39. The van der Waals surface area contributed by atoms with E-state index in [4.69, 9.17) is 0 Å². The molecule has 1 amide bonds. The second kappa shape index (κ2) is 3.59. The number of imidazole rings is 1. The Morgan fingerprint density at radius 2 is 2.31 bits per heavy atom. The lowest BCUT2D eigenvalue weighted by molar-refractivity contribution is -0.146. The van der Waals surface area contributed by atoms with Gasteiger partial charge in [-0.25, -0.2) is 4.98 Å². The molecule has 5 nitrogen and oxygen atoms in total. The standard InChI is InChI=1S/C11H15N3O2/c15-10-5-14(6-10)11(16)8-1-2-13-7-12-4-9(13)3-8/h4,7-8,10,15H,1-3,5-6H2. The van der Waals surface area contributed by atoms with Crippen LogP contribution in [0.2, 0.25) is 0 Å². The van der Waals surface area contributed by atoms with E-state index in [-0.39, 0.29) is 17.9 Å². The SMILES string of the molecule is O=C(C1CCn2cncc2C1)N1CC(O)C1. The average molecular weight is 221 g/mol. The van der Waals surface area contributed by atoms with E-state index in [1.165, 1.54) is 0 Å². The zero-order valence-corrected chi connectivity index (χ0v) is 9.04. The lowest BCUT2D eigenvalue weighted by Crippen LogP contribution is -2.55. The fraction of sp³-hybridized carbons (Fsp3) is 0.636. The highest BCUT2D eigenvalue weighted by Crippen LogP contribution is 2.23. The van der Waals surface area contributed by atoms with Crippen LogP contribution in [0.5, 0.6) is 0 Å². The van der Waals surface area contributed by atoms with Gasteiger partial charge in [-0.1, -0.05) is 0 Å². The first kappa shape index (κ1) is 9.84. The van der Waals surface area contributed by atoms with Gasteiger partial charge >= 0.3 is 0 Å². The van der Waals surface area contributed by atoms with Crippen molar-refractivity contribution in [3.05, 3.63) is 18.2 Å². The second-order valence-electron chi connectivity index (χ2n) is 4.67. The number of hydrogen-bond donors (Lipinski definition) is 1. The number of nitrogens with zero attached hydrogens (tertiary/aromatic N) is 3. The second-order valence-corrected chi connectivity index (χ2v) is 4.67. The van der Waals surface area contributed by atoms with Gasteiger partial charge in [0, 0.05) is 43.9 Å². The maximum absolute atomic E-state index is 12.0. The summed E-state index contributed by atoms with van der Waals surface area (Å²) in [5.41, 5.74) is 1.14. The van der Waals surface area contributed by atoms with Gasteiger partial charge in [0.05, 0.1) is 12.4 Å². The van der Waals surface area contributed by atoms with Gasteiger partial charge in [0.15, 0.2) is 0 Å². The zero-order chi connectivity index (χ0) is 11.1. The predicted octanol–water partition coefficient (Wildman–Crippen LogP) is -0.351. The number of aliphatic hydroxyl groups is 1. The third-order valence-electron chi connectivity index (χ3n) is 3.50. The molecule has 3 rings (SSSR count). The molecule has 1 N–H and O–H groups in total. The minimum atomic E-state index is -0.307. The molecule has 1 unspecified atom stereocenters. The van der Waals surface area contributed by atoms with Crippen molar-refractivity contribution >= 4 is 5.91 Å². The number of β-amino-alcohol motifs (C(OH)–C–C–N with tert-alkyl or cyclic N) is 1. The van der Waals surface area contributed by atoms with Crippen LogP contribution in [0, 0.1) is 5.92 Å². The molecule has 0 bridgehead atoms. The highest BCUT2D eigenvalue weighted by atomic mass is 16.3. The van der Waals surface area contributed by atoms with Crippen LogP contribution in [0.25, 0.3) is 0 Å². The molecule has 2 aliphatic rings. The van der Waals surface area contributed by atoms with Crippen LogP contribution in [0.4, 0.5) is 0 Å². The number of carbonyl (C=O) groups excluding carboxylic acids is 1. The molecule has 1 saturated heterocycles. The fourth-order valence-electron chi connectivity index (χ4n) is 2.47. The molecule has 5 heteroatoms. The topological polar surface area (TPSA) is 58.4 Å². The molecule has 0 saturated carbocycles.